The van der Waals surface area contributed by atoms with E-state index in [0.29, 0.717) is 11.3 Å². The number of nitrogens with zero attached hydrogens (tertiary/aromatic N) is 1. The van der Waals surface area contributed by atoms with Crippen LogP contribution in [0, 0.1) is 3.57 Å². The van der Waals surface area contributed by atoms with Gasteiger partial charge in [-0.1, -0.05) is 12.1 Å². The first kappa shape index (κ1) is 13.9. The lowest BCUT2D eigenvalue weighted by molar-refractivity contribution is 0.0954. The molecule has 3 rings (SSSR count). The summed E-state index contributed by atoms with van der Waals surface area (Å²) in [5.74, 6) is 1.16. The van der Waals surface area contributed by atoms with Gasteiger partial charge in [0.2, 0.25) is 6.79 Å². The number of hydrogen-bond acceptors (Lipinski definition) is 4. The molecule has 0 unspecified atom stereocenters. The number of ether oxygens (including phenoxy) is 2. The fraction of sp³-hybridized carbons (Fsp3) is 0.0667. The third-order valence-corrected chi connectivity index (χ3v) is 3.84. The Hall–Kier alpha value is -2.09. The number of benzene rings is 2. The van der Waals surface area contributed by atoms with Gasteiger partial charge in [-0.05, 0) is 58.5 Å². The van der Waals surface area contributed by atoms with Crippen molar-refractivity contribution >= 4 is 34.7 Å². The number of halogens is 1. The fourth-order valence-electron chi connectivity index (χ4n) is 1.86. The molecule has 106 valence electrons. The van der Waals surface area contributed by atoms with Crippen molar-refractivity contribution in [3.8, 4) is 11.5 Å². The fourth-order valence-corrected chi connectivity index (χ4v) is 2.50. The lowest BCUT2D eigenvalue weighted by Gasteiger charge is -2.02. The van der Waals surface area contributed by atoms with Crippen molar-refractivity contribution in [1.29, 1.82) is 0 Å². The summed E-state index contributed by atoms with van der Waals surface area (Å²) in [5.41, 5.74) is 3.93. The molecule has 1 amide bonds. The quantitative estimate of drug-likeness (QED) is 0.495. The van der Waals surface area contributed by atoms with Crippen LogP contribution in [0.3, 0.4) is 0 Å². The van der Waals surface area contributed by atoms with Crippen LogP contribution < -0.4 is 14.9 Å². The minimum Gasteiger partial charge on any atom is -0.454 e. The molecule has 1 heterocycles. The highest BCUT2D eigenvalue weighted by Crippen LogP contribution is 2.31. The summed E-state index contributed by atoms with van der Waals surface area (Å²) in [5, 5.41) is 3.96. The zero-order valence-electron chi connectivity index (χ0n) is 10.9. The Morgan fingerprint density at radius 1 is 1.19 bits per heavy atom. The van der Waals surface area contributed by atoms with Gasteiger partial charge in [0, 0.05) is 3.57 Å². The van der Waals surface area contributed by atoms with Crippen molar-refractivity contribution in [2.45, 2.75) is 0 Å². The highest BCUT2D eigenvalue weighted by atomic mass is 127. The van der Waals surface area contributed by atoms with Crippen molar-refractivity contribution < 1.29 is 14.3 Å². The molecule has 2 aromatic rings. The van der Waals surface area contributed by atoms with Crippen molar-refractivity contribution in [2.24, 2.45) is 5.10 Å². The van der Waals surface area contributed by atoms with Crippen LogP contribution in [0.2, 0.25) is 0 Å². The van der Waals surface area contributed by atoms with Crippen LogP contribution in [0.25, 0.3) is 0 Å². The highest BCUT2D eigenvalue weighted by Gasteiger charge is 2.12. The molecule has 6 heteroatoms. The van der Waals surface area contributed by atoms with E-state index < -0.39 is 0 Å². The first-order valence-electron chi connectivity index (χ1n) is 6.21. The maximum atomic E-state index is 12.0. The molecule has 0 saturated heterocycles. The predicted molar refractivity (Wildman–Crippen MR) is 86.8 cm³/mol. The summed E-state index contributed by atoms with van der Waals surface area (Å²) in [4.78, 5) is 12.0. The van der Waals surface area contributed by atoms with Gasteiger partial charge in [0.05, 0.1) is 11.8 Å². The van der Waals surface area contributed by atoms with E-state index in [0.717, 1.165) is 14.9 Å². The van der Waals surface area contributed by atoms with Crippen LogP contribution in [0.1, 0.15) is 15.9 Å². The third kappa shape index (κ3) is 3.15. The van der Waals surface area contributed by atoms with Crippen molar-refractivity contribution in [3.63, 3.8) is 0 Å². The van der Waals surface area contributed by atoms with Crippen LogP contribution in [-0.4, -0.2) is 18.9 Å². The second kappa shape index (κ2) is 6.13. The lowest BCUT2D eigenvalue weighted by Crippen LogP contribution is -2.18. The van der Waals surface area contributed by atoms with Crippen LogP contribution >= 0.6 is 22.6 Å². The number of nitrogens with one attached hydrogen (secondary N) is 1. The Bertz CT molecular complexity index is 716. The van der Waals surface area contributed by atoms with E-state index in [1.807, 2.05) is 36.4 Å². The summed E-state index contributed by atoms with van der Waals surface area (Å²) < 4.78 is 11.4. The van der Waals surface area contributed by atoms with Crippen molar-refractivity contribution in [1.82, 2.24) is 5.43 Å². The van der Waals surface area contributed by atoms with Crippen molar-refractivity contribution in [2.75, 3.05) is 6.79 Å². The molecular formula is C15H11IN2O3. The minimum absolute atomic E-state index is 0.235. The Balaban J connectivity index is 1.67. The standard InChI is InChI=1S/C15H11IN2O3/c16-12-4-2-1-3-11(12)15(19)18-17-8-10-5-6-13-14(7-10)21-9-20-13/h1-8H,9H2,(H,18,19)/b17-8+. The van der Waals surface area contributed by atoms with E-state index >= 15 is 0 Å². The Kier molecular flexibility index (Phi) is 4.05. The zero-order chi connectivity index (χ0) is 14.7. The summed E-state index contributed by atoms with van der Waals surface area (Å²) in [6.07, 6.45) is 1.57. The molecule has 0 aromatic heterocycles. The molecule has 0 radical (unpaired) electrons. The summed E-state index contributed by atoms with van der Waals surface area (Å²) in [7, 11) is 0. The third-order valence-electron chi connectivity index (χ3n) is 2.89. The largest absolute Gasteiger partial charge is 0.454 e. The van der Waals surface area contributed by atoms with Gasteiger partial charge in [-0.2, -0.15) is 5.10 Å². The van der Waals surface area contributed by atoms with Gasteiger partial charge in [-0.15, -0.1) is 0 Å². The first-order valence-corrected chi connectivity index (χ1v) is 7.29. The maximum Gasteiger partial charge on any atom is 0.272 e. The number of carbonyl (C=O) groups is 1. The average molecular weight is 394 g/mol. The van der Waals surface area contributed by atoms with E-state index in [9.17, 15) is 4.79 Å². The smallest absolute Gasteiger partial charge is 0.272 e. The first-order chi connectivity index (χ1) is 10.2. The van der Waals surface area contributed by atoms with Gasteiger partial charge in [-0.3, -0.25) is 4.79 Å². The normalized spacial score (nSPS) is 12.6. The van der Waals surface area contributed by atoms with E-state index in [4.69, 9.17) is 9.47 Å². The summed E-state index contributed by atoms with van der Waals surface area (Å²) >= 11 is 2.12. The van der Waals surface area contributed by atoms with Crippen molar-refractivity contribution in [3.05, 3.63) is 57.2 Å². The van der Waals surface area contributed by atoms with Gasteiger partial charge in [0.15, 0.2) is 11.5 Å². The lowest BCUT2D eigenvalue weighted by atomic mass is 10.2. The van der Waals surface area contributed by atoms with E-state index in [-0.39, 0.29) is 12.7 Å². The molecule has 0 atom stereocenters. The number of amides is 1. The molecule has 0 bridgehead atoms. The van der Waals surface area contributed by atoms with E-state index in [1.54, 1.807) is 12.3 Å². The van der Waals surface area contributed by atoms with Gasteiger partial charge < -0.3 is 9.47 Å². The van der Waals surface area contributed by atoms with Gasteiger partial charge >= 0.3 is 0 Å². The second-order valence-corrected chi connectivity index (χ2v) is 5.45. The summed E-state index contributed by atoms with van der Waals surface area (Å²) in [6.45, 7) is 0.235. The molecule has 1 aliphatic rings. The Morgan fingerprint density at radius 3 is 2.86 bits per heavy atom. The minimum atomic E-state index is -0.239. The molecule has 0 saturated carbocycles. The summed E-state index contributed by atoms with van der Waals surface area (Å²) in [6, 6.07) is 12.8. The Labute approximate surface area is 135 Å². The van der Waals surface area contributed by atoms with E-state index in [2.05, 4.69) is 33.1 Å². The Morgan fingerprint density at radius 2 is 2.00 bits per heavy atom. The predicted octanol–water partition coefficient (Wildman–Crippen LogP) is 2.78. The van der Waals surface area contributed by atoms with Gasteiger partial charge in [0.1, 0.15) is 0 Å². The highest BCUT2D eigenvalue weighted by molar-refractivity contribution is 14.1. The monoisotopic (exact) mass is 394 g/mol. The molecule has 5 nitrogen and oxygen atoms in total. The SMILES string of the molecule is O=C(N/N=C/c1ccc2c(c1)OCO2)c1ccccc1I. The number of hydrazone groups is 1. The molecule has 0 spiro atoms. The van der Waals surface area contributed by atoms with Crippen LogP contribution in [0.15, 0.2) is 47.6 Å². The second-order valence-electron chi connectivity index (χ2n) is 4.29. The van der Waals surface area contributed by atoms with Crippen LogP contribution in [-0.2, 0) is 0 Å². The number of hydrogen-bond donors (Lipinski definition) is 1. The number of fused-ring (bicyclic) bond motifs is 1. The molecule has 21 heavy (non-hydrogen) atoms. The zero-order valence-corrected chi connectivity index (χ0v) is 13.0. The van der Waals surface area contributed by atoms with Gasteiger partial charge in [-0.25, -0.2) is 5.43 Å². The number of carbonyl (C=O) groups excluding carboxylic acids is 1. The van der Waals surface area contributed by atoms with Crippen LogP contribution in [0.5, 0.6) is 11.5 Å². The molecule has 1 N–H and O–H groups in total. The molecule has 2 aromatic carbocycles. The molecule has 0 fully saturated rings. The van der Waals surface area contributed by atoms with E-state index in [1.165, 1.54) is 0 Å². The topological polar surface area (TPSA) is 59.9 Å². The molecular weight excluding hydrogens is 383 g/mol. The maximum absolute atomic E-state index is 12.0. The van der Waals surface area contributed by atoms with Crippen LogP contribution in [0.4, 0.5) is 0 Å². The molecule has 0 aliphatic carbocycles. The number of rotatable bonds is 3. The average Bonchev–Trinajstić information content (AvgIpc) is 2.95. The van der Waals surface area contributed by atoms with Gasteiger partial charge in [0.25, 0.3) is 5.91 Å². The molecule has 1 aliphatic heterocycles.